The molecule has 0 fully saturated rings. The van der Waals surface area contributed by atoms with Gasteiger partial charge in [0.15, 0.2) is 46.0 Å². The van der Waals surface area contributed by atoms with Gasteiger partial charge in [-0.15, -0.1) is 0 Å². The second-order valence-electron chi connectivity index (χ2n) is 18.9. The smallest absolute Gasteiger partial charge is 0.311 e. The Bertz CT molecular complexity index is 2830. The van der Waals surface area contributed by atoms with Crippen LogP contribution in [0.15, 0.2) is 95.9 Å². The van der Waals surface area contributed by atoms with Crippen LogP contribution in [0.2, 0.25) is 0 Å². The Morgan fingerprint density at radius 2 is 1.04 bits per heavy atom. The lowest BCUT2D eigenvalue weighted by Gasteiger charge is -2.46. The van der Waals surface area contributed by atoms with Crippen LogP contribution in [0.5, 0.6) is 46.0 Å². The van der Waals surface area contributed by atoms with Crippen molar-refractivity contribution in [3.63, 3.8) is 0 Å². The number of likely N-dealkylation sites (N-methyl/N-ethyl adjacent to an activating group) is 1. The van der Waals surface area contributed by atoms with Crippen molar-refractivity contribution in [2.24, 2.45) is 0 Å². The first-order valence-corrected chi connectivity index (χ1v) is 26.8. The third-order valence-electron chi connectivity index (χ3n) is 14.3. The van der Waals surface area contributed by atoms with Crippen LogP contribution in [-0.2, 0) is 54.9 Å². The summed E-state index contributed by atoms with van der Waals surface area (Å²) >= 11 is 0. The van der Waals surface area contributed by atoms with Crippen LogP contribution in [0.1, 0.15) is 77.6 Å². The molecule has 0 saturated carbocycles. The summed E-state index contributed by atoms with van der Waals surface area (Å²) < 4.78 is 87.8. The van der Waals surface area contributed by atoms with Gasteiger partial charge in [-0.2, -0.15) is 0 Å². The van der Waals surface area contributed by atoms with Gasteiger partial charge in [0.05, 0.1) is 108 Å². The van der Waals surface area contributed by atoms with Gasteiger partial charge in [0.25, 0.3) is 0 Å². The molecule has 0 N–H and O–H groups in total. The molecule has 0 amide bonds. The van der Waals surface area contributed by atoms with E-state index in [2.05, 4.69) is 48.3 Å². The number of hydrogen-bond donors (Lipinski definition) is 0. The van der Waals surface area contributed by atoms with Crippen LogP contribution in [-0.4, -0.2) is 138 Å². The van der Waals surface area contributed by atoms with Gasteiger partial charge in [-0.05, 0) is 121 Å². The van der Waals surface area contributed by atoms with Gasteiger partial charge in [0.2, 0.25) is 0 Å². The van der Waals surface area contributed by atoms with Crippen LogP contribution in [0.4, 0.5) is 0 Å². The molecule has 5 aromatic rings. The number of rotatable bonds is 25. The Morgan fingerprint density at radius 1 is 0.566 bits per heavy atom. The molecule has 0 spiro atoms. The Balaban J connectivity index is 0.000000839. The summed E-state index contributed by atoms with van der Waals surface area (Å²) in [6, 6.07) is 27.5. The fraction of sp³-hybridized carbons (Fsp3) is 0.448. The molecular weight excluding hydrogens is 997 g/mol. The maximum atomic E-state index is 13.2. The molecule has 17 nitrogen and oxygen atoms in total. The average molecular weight is 1070 g/mol. The van der Waals surface area contributed by atoms with E-state index in [0.29, 0.717) is 102 Å². The zero-order valence-electron chi connectivity index (χ0n) is 45.3. The van der Waals surface area contributed by atoms with Crippen molar-refractivity contribution in [2.45, 2.75) is 74.8 Å². The molecule has 0 saturated heterocycles. The van der Waals surface area contributed by atoms with Crippen molar-refractivity contribution in [2.75, 3.05) is 103 Å². The molecule has 18 heteroatoms. The van der Waals surface area contributed by atoms with Gasteiger partial charge in [0, 0.05) is 37.5 Å². The first-order chi connectivity index (χ1) is 36.6. The molecule has 0 radical (unpaired) electrons. The molecule has 0 aromatic heterocycles. The predicted molar refractivity (Wildman–Crippen MR) is 285 cm³/mol. The number of benzene rings is 5. The van der Waals surface area contributed by atoms with Crippen LogP contribution >= 0.6 is 0 Å². The monoisotopic (exact) mass is 1070 g/mol. The number of methoxy groups -OCH3 is 8. The summed E-state index contributed by atoms with van der Waals surface area (Å²) in [7, 11) is 11.1. The van der Waals surface area contributed by atoms with Gasteiger partial charge in [0.1, 0.15) is 16.2 Å². The Hall–Kier alpha value is -6.73. The van der Waals surface area contributed by atoms with E-state index < -0.39 is 10.1 Å². The quantitative estimate of drug-likeness (QED) is 0.0234. The third-order valence-corrected chi connectivity index (χ3v) is 15.1. The largest absolute Gasteiger partial charge is 0.744 e. The number of hydrogen-bond acceptors (Lipinski definition) is 16. The fourth-order valence-corrected chi connectivity index (χ4v) is 10.5. The van der Waals surface area contributed by atoms with E-state index in [0.717, 1.165) is 55.5 Å². The summed E-state index contributed by atoms with van der Waals surface area (Å²) in [6.07, 6.45) is 5.77. The van der Waals surface area contributed by atoms with Crippen LogP contribution < -0.4 is 37.9 Å². The highest BCUT2D eigenvalue weighted by Gasteiger charge is 2.40. The minimum absolute atomic E-state index is 0.0116. The number of quaternary nitrogens is 1. The predicted octanol–water partition coefficient (Wildman–Crippen LogP) is 8.51. The molecule has 7 rings (SSSR count). The maximum absolute atomic E-state index is 13.2. The number of carbonyl (C=O) groups excluding carboxylic acids is 2. The van der Waals surface area contributed by atoms with Crippen LogP contribution in [0.3, 0.4) is 0 Å². The molecule has 2 aliphatic heterocycles. The van der Waals surface area contributed by atoms with Gasteiger partial charge in [-0.3, -0.25) is 14.5 Å². The molecule has 2 heterocycles. The Labute approximate surface area is 448 Å². The molecule has 0 unspecified atom stereocenters. The highest BCUT2D eigenvalue weighted by atomic mass is 32.2. The maximum Gasteiger partial charge on any atom is 0.311 e. The molecule has 2 aliphatic rings. The average Bonchev–Trinajstić information content (AvgIpc) is 3.44. The van der Waals surface area contributed by atoms with Crippen molar-refractivity contribution in [3.8, 4) is 46.0 Å². The summed E-state index contributed by atoms with van der Waals surface area (Å²) in [5.74, 6) is 5.01. The minimum atomic E-state index is -4.25. The third kappa shape index (κ3) is 15.2. The fourth-order valence-electron chi connectivity index (χ4n) is 10.0. The number of esters is 2. The first kappa shape index (κ1) is 58.5. The van der Waals surface area contributed by atoms with Crippen molar-refractivity contribution >= 4 is 22.1 Å². The van der Waals surface area contributed by atoms with E-state index >= 15 is 0 Å². The van der Waals surface area contributed by atoms with Crippen LogP contribution in [0, 0.1) is 0 Å². The summed E-state index contributed by atoms with van der Waals surface area (Å²) in [5, 5.41) is 0. The number of carbonyl (C=O) groups is 2. The molecule has 0 bridgehead atoms. The summed E-state index contributed by atoms with van der Waals surface area (Å²) in [4.78, 5) is 28.4. The van der Waals surface area contributed by atoms with Crippen LogP contribution in [0.25, 0.3) is 0 Å². The van der Waals surface area contributed by atoms with Gasteiger partial charge < -0.3 is 56.4 Å². The SMILES string of the molecule is COc1ccc(C[C@@H]2c3cc(OC)c(OC)cc3CCN2CCC(=O)OCCCCCOC(=O)CC[N@+]2(C)CCc3cc(OC)c(OC)cc3[C@H]2Cc2ccc(OC)c(OC)c2)cc1OC.O=S(=O)([O-])c1ccccc1. The molecule has 3 atom stereocenters. The highest BCUT2D eigenvalue weighted by Crippen LogP contribution is 2.44. The van der Waals surface area contributed by atoms with E-state index in [4.69, 9.17) is 47.4 Å². The standard InChI is InChI=1S/C52H69N2O12.C6H6O3S/c1-54(23-19-38-32-48(62-7)50(64-9)34-40(38)42(54)28-36-14-16-44(58-3)46(30-36)60-5)24-20-52(56)66-26-12-10-11-25-65-51(55)18-22-53-21-17-37-31-47(61-6)49(63-8)33-39(37)41(53)27-35-13-15-43(57-2)45(29-35)59-4;7-10(8,9)6-4-2-1-3-5-6/h13-16,29-34,41-42H,10-12,17-28H2,1-9H3;1-5H,(H,7,8,9)/q+1;/p-1/t41-,42-,54+;/m1./s1. The minimum Gasteiger partial charge on any atom is -0.744 e. The van der Waals surface area contributed by atoms with Crippen molar-refractivity contribution < 1.29 is 74.4 Å². The van der Waals surface area contributed by atoms with E-state index in [-0.39, 0.29) is 35.3 Å². The summed E-state index contributed by atoms with van der Waals surface area (Å²) in [5.41, 5.74) is 6.93. The molecule has 0 aliphatic carbocycles. The van der Waals surface area contributed by atoms with Gasteiger partial charge in [-0.1, -0.05) is 30.3 Å². The second-order valence-corrected chi connectivity index (χ2v) is 20.2. The zero-order valence-corrected chi connectivity index (χ0v) is 46.2. The van der Waals surface area contributed by atoms with Crippen molar-refractivity contribution in [1.82, 2.24) is 4.90 Å². The number of unbranched alkanes of at least 4 members (excludes halogenated alkanes) is 2. The topological polar surface area (TPSA) is 187 Å². The summed E-state index contributed by atoms with van der Waals surface area (Å²) in [6.45, 7) is 3.43. The highest BCUT2D eigenvalue weighted by molar-refractivity contribution is 7.85. The molecule has 5 aromatic carbocycles. The van der Waals surface area contributed by atoms with Crippen molar-refractivity contribution in [3.05, 3.63) is 124 Å². The number of ether oxygens (including phenoxy) is 10. The van der Waals surface area contributed by atoms with Crippen molar-refractivity contribution in [1.29, 1.82) is 0 Å². The molecule has 412 valence electrons. The van der Waals surface area contributed by atoms with E-state index in [9.17, 15) is 22.6 Å². The number of fused-ring (bicyclic) bond motifs is 2. The molecule has 76 heavy (non-hydrogen) atoms. The Kier molecular flexibility index (Phi) is 21.5. The lowest BCUT2D eigenvalue weighted by molar-refractivity contribution is -0.940. The normalized spacial score (nSPS) is 16.9. The number of nitrogens with zero attached hydrogens (tertiary/aromatic N) is 2. The second kappa shape index (κ2) is 27.9. The van der Waals surface area contributed by atoms with Gasteiger partial charge in [-0.25, -0.2) is 8.42 Å². The van der Waals surface area contributed by atoms with E-state index in [1.54, 1.807) is 62.9 Å². The lowest BCUT2D eigenvalue weighted by atomic mass is 9.86. The zero-order chi connectivity index (χ0) is 54.8. The Morgan fingerprint density at radius 3 is 1.55 bits per heavy atom. The van der Waals surface area contributed by atoms with E-state index in [1.165, 1.54) is 41.0 Å². The van der Waals surface area contributed by atoms with Gasteiger partial charge >= 0.3 is 11.9 Å². The lowest BCUT2D eigenvalue weighted by Crippen LogP contribution is -2.53. The first-order valence-electron chi connectivity index (χ1n) is 25.4. The van der Waals surface area contributed by atoms with E-state index in [1.807, 2.05) is 24.3 Å². The molecular formula is C58H74N2O15S.